The van der Waals surface area contributed by atoms with E-state index in [0.29, 0.717) is 69.4 Å². The quantitative estimate of drug-likeness (QED) is 0.353. The van der Waals surface area contributed by atoms with Gasteiger partial charge in [-0.3, -0.25) is 4.79 Å². The van der Waals surface area contributed by atoms with Crippen LogP contribution in [0.2, 0.25) is 0 Å². The molecule has 10 nitrogen and oxygen atoms in total. The predicted octanol–water partition coefficient (Wildman–Crippen LogP) is 2.33. The maximum Gasteiger partial charge on any atom is 0.264 e. The van der Waals surface area contributed by atoms with Crippen LogP contribution in [0.3, 0.4) is 0 Å². The topological polar surface area (TPSA) is 118 Å². The molecule has 0 saturated carbocycles. The molecule has 0 bridgehead atoms. The molecule has 2 aliphatic rings. The first-order valence-electron chi connectivity index (χ1n) is 12.3. The van der Waals surface area contributed by atoms with E-state index >= 15 is 0 Å². The summed E-state index contributed by atoms with van der Waals surface area (Å²) in [5.74, 6) is -0.377. The van der Waals surface area contributed by atoms with Crippen LogP contribution in [-0.2, 0) is 24.3 Å². The second kappa shape index (κ2) is 11.3. The van der Waals surface area contributed by atoms with Crippen molar-refractivity contribution in [2.24, 2.45) is 0 Å². The van der Waals surface area contributed by atoms with Crippen molar-refractivity contribution in [3.8, 4) is 23.0 Å². The Morgan fingerprint density at radius 1 is 0.947 bits per heavy atom. The molecule has 1 aromatic heterocycles. The number of amides is 1. The molecule has 0 unspecified atom stereocenters. The minimum atomic E-state index is -3.73. The van der Waals surface area contributed by atoms with Crippen molar-refractivity contribution >= 4 is 22.0 Å². The van der Waals surface area contributed by atoms with Crippen LogP contribution >= 0.6 is 0 Å². The third kappa shape index (κ3) is 5.39. The van der Waals surface area contributed by atoms with Gasteiger partial charge in [-0.05, 0) is 30.3 Å². The minimum Gasteiger partial charge on any atom is -0.379 e. The molecule has 2 saturated heterocycles. The van der Waals surface area contributed by atoms with Crippen LogP contribution in [0.25, 0.3) is 23.0 Å². The van der Waals surface area contributed by atoms with Crippen LogP contribution in [0.15, 0.2) is 71.3 Å². The summed E-state index contributed by atoms with van der Waals surface area (Å²) in [5, 5.41) is 14.6. The van der Waals surface area contributed by atoms with Gasteiger partial charge in [-0.25, -0.2) is 13.1 Å². The number of nitrogens with zero attached hydrogens (tertiary/aromatic N) is 5. The number of ether oxygens (including phenoxy) is 2. The SMILES string of the molecule is N#C/C(=C/c1cn(-c2ccccc2)nc1-c1cccc(S(=O)(=O)N2CCOCC2)c1)C(=O)N1CCOCC1. The molecule has 2 aromatic carbocycles. The van der Waals surface area contributed by atoms with E-state index in [1.165, 1.54) is 10.4 Å². The molecule has 38 heavy (non-hydrogen) atoms. The molecule has 2 aliphatic heterocycles. The molecule has 3 aromatic rings. The number of aromatic nitrogens is 2. The van der Waals surface area contributed by atoms with Gasteiger partial charge < -0.3 is 14.4 Å². The van der Waals surface area contributed by atoms with E-state index in [9.17, 15) is 18.5 Å². The third-order valence-electron chi connectivity index (χ3n) is 6.43. The zero-order chi connectivity index (χ0) is 26.5. The molecule has 11 heteroatoms. The number of nitriles is 1. The summed E-state index contributed by atoms with van der Waals surface area (Å²) in [7, 11) is -3.73. The van der Waals surface area contributed by atoms with Gasteiger partial charge in [0, 0.05) is 43.5 Å². The van der Waals surface area contributed by atoms with Crippen molar-refractivity contribution in [2.45, 2.75) is 4.90 Å². The fraction of sp³-hybridized carbons (Fsp3) is 0.296. The highest BCUT2D eigenvalue weighted by molar-refractivity contribution is 7.89. The molecule has 1 amide bonds. The minimum absolute atomic E-state index is 0.0298. The number of morpholine rings is 2. The van der Waals surface area contributed by atoms with Crippen LogP contribution < -0.4 is 0 Å². The first kappa shape index (κ1) is 25.8. The van der Waals surface area contributed by atoms with Gasteiger partial charge >= 0.3 is 0 Å². The third-order valence-corrected chi connectivity index (χ3v) is 8.32. The largest absolute Gasteiger partial charge is 0.379 e. The number of hydrogen-bond donors (Lipinski definition) is 0. The smallest absolute Gasteiger partial charge is 0.264 e. The van der Waals surface area contributed by atoms with Gasteiger partial charge in [0.05, 0.1) is 37.0 Å². The van der Waals surface area contributed by atoms with Crippen LogP contribution in [0.1, 0.15) is 5.56 Å². The molecule has 196 valence electrons. The fourth-order valence-corrected chi connectivity index (χ4v) is 5.86. The van der Waals surface area contributed by atoms with Crippen molar-refractivity contribution < 1.29 is 22.7 Å². The Labute approximate surface area is 221 Å². The van der Waals surface area contributed by atoms with Gasteiger partial charge in [0.1, 0.15) is 17.3 Å². The van der Waals surface area contributed by atoms with Gasteiger partial charge in [-0.2, -0.15) is 14.7 Å². The highest BCUT2D eigenvalue weighted by atomic mass is 32.2. The van der Waals surface area contributed by atoms with E-state index in [-0.39, 0.29) is 16.4 Å². The summed E-state index contributed by atoms with van der Waals surface area (Å²) in [6.07, 6.45) is 3.25. The Balaban J connectivity index is 1.57. The average Bonchev–Trinajstić information content (AvgIpc) is 3.41. The number of benzene rings is 2. The van der Waals surface area contributed by atoms with Gasteiger partial charge in [0.15, 0.2) is 0 Å². The van der Waals surface area contributed by atoms with Gasteiger partial charge in [0.25, 0.3) is 5.91 Å². The Hall–Kier alpha value is -3.82. The van der Waals surface area contributed by atoms with E-state index < -0.39 is 10.0 Å². The van der Waals surface area contributed by atoms with E-state index in [1.807, 2.05) is 36.4 Å². The zero-order valence-electron chi connectivity index (χ0n) is 20.7. The molecular weight excluding hydrogens is 506 g/mol. The van der Waals surface area contributed by atoms with E-state index in [2.05, 4.69) is 0 Å². The van der Waals surface area contributed by atoms with Crippen molar-refractivity contribution in [1.82, 2.24) is 19.0 Å². The fourth-order valence-electron chi connectivity index (χ4n) is 4.40. The number of rotatable bonds is 6. The molecule has 5 rings (SSSR count). The Morgan fingerprint density at radius 2 is 1.63 bits per heavy atom. The summed E-state index contributed by atoms with van der Waals surface area (Å²) < 4.78 is 40.3. The zero-order valence-corrected chi connectivity index (χ0v) is 21.5. The Bertz CT molecular complexity index is 1480. The lowest BCUT2D eigenvalue weighted by Gasteiger charge is -2.26. The molecule has 0 N–H and O–H groups in total. The van der Waals surface area contributed by atoms with Crippen molar-refractivity contribution in [1.29, 1.82) is 5.26 Å². The maximum atomic E-state index is 13.3. The van der Waals surface area contributed by atoms with Crippen molar-refractivity contribution in [3.05, 3.63) is 71.9 Å². The Morgan fingerprint density at radius 3 is 2.32 bits per heavy atom. The van der Waals surface area contributed by atoms with E-state index in [4.69, 9.17) is 14.6 Å². The summed E-state index contributed by atoms with van der Waals surface area (Å²) >= 11 is 0. The monoisotopic (exact) mass is 533 g/mol. The summed E-state index contributed by atoms with van der Waals surface area (Å²) in [4.78, 5) is 14.8. The van der Waals surface area contributed by atoms with Crippen LogP contribution in [0.5, 0.6) is 0 Å². The lowest BCUT2D eigenvalue weighted by atomic mass is 10.1. The summed E-state index contributed by atoms with van der Waals surface area (Å²) in [6.45, 7) is 2.95. The normalized spacial score (nSPS) is 17.2. The average molecular weight is 534 g/mol. The van der Waals surface area contributed by atoms with Gasteiger partial charge in [-0.1, -0.05) is 30.3 Å². The molecular formula is C27H27N5O5S. The number of carbonyl (C=O) groups is 1. The number of carbonyl (C=O) groups excluding carboxylic acids is 1. The number of sulfonamides is 1. The standard InChI is InChI=1S/C27H27N5O5S/c28-19-22(27(33)30-9-13-36-14-10-30)17-23-20-32(24-6-2-1-3-7-24)29-26(23)21-5-4-8-25(18-21)38(34,35)31-11-15-37-16-12-31/h1-8,17-18,20H,9-16H2/b22-17-. The lowest BCUT2D eigenvalue weighted by Crippen LogP contribution is -2.41. The van der Waals surface area contributed by atoms with Gasteiger partial charge in [-0.15, -0.1) is 0 Å². The van der Waals surface area contributed by atoms with Crippen LogP contribution in [-0.4, -0.2) is 85.9 Å². The molecule has 3 heterocycles. The highest BCUT2D eigenvalue weighted by Gasteiger charge is 2.27. The Kier molecular flexibility index (Phi) is 7.67. The van der Waals surface area contributed by atoms with Crippen molar-refractivity contribution in [3.63, 3.8) is 0 Å². The van der Waals surface area contributed by atoms with Crippen molar-refractivity contribution in [2.75, 3.05) is 52.6 Å². The van der Waals surface area contributed by atoms with Gasteiger partial charge in [0.2, 0.25) is 10.0 Å². The summed E-state index contributed by atoms with van der Waals surface area (Å²) in [6, 6.07) is 18.0. The first-order chi connectivity index (χ1) is 18.5. The maximum absolute atomic E-state index is 13.3. The molecule has 0 radical (unpaired) electrons. The summed E-state index contributed by atoms with van der Waals surface area (Å²) in [5.41, 5.74) is 2.28. The van der Waals surface area contributed by atoms with E-state index in [1.54, 1.807) is 40.0 Å². The molecule has 0 atom stereocenters. The highest BCUT2D eigenvalue weighted by Crippen LogP contribution is 2.29. The van der Waals surface area contributed by atoms with E-state index in [0.717, 1.165) is 5.69 Å². The first-order valence-corrected chi connectivity index (χ1v) is 13.7. The van der Waals surface area contributed by atoms with Crippen LogP contribution in [0, 0.1) is 11.3 Å². The molecule has 2 fully saturated rings. The second-order valence-corrected chi connectivity index (χ2v) is 10.8. The van der Waals surface area contributed by atoms with Crippen LogP contribution in [0.4, 0.5) is 0 Å². The predicted molar refractivity (Wildman–Crippen MR) is 140 cm³/mol. The lowest BCUT2D eigenvalue weighted by molar-refractivity contribution is -0.130. The number of para-hydroxylation sites is 1. The molecule has 0 spiro atoms. The second-order valence-electron chi connectivity index (χ2n) is 8.83. The number of hydrogen-bond acceptors (Lipinski definition) is 7. The molecule has 0 aliphatic carbocycles.